The Hall–Kier alpha value is -2.59. The van der Waals surface area contributed by atoms with Crippen LogP contribution in [0.4, 0.5) is 27.6 Å². The van der Waals surface area contributed by atoms with E-state index in [1.54, 1.807) is 38.1 Å². The molecule has 33 heavy (non-hydrogen) atoms. The second kappa shape index (κ2) is 9.72. The number of aromatic nitrogens is 1. The number of thioether (sulfide) groups is 1. The second-order valence-electron chi connectivity index (χ2n) is 7.47. The van der Waals surface area contributed by atoms with Gasteiger partial charge in [0.1, 0.15) is 5.82 Å². The Labute approximate surface area is 192 Å². The standard InChI is InChI=1S/C23H23F5N2O2S/c1-4-33-12-22(31,23(26,27)28)21(16-10-14(24)11-17(25)20(16)32-3)30-19-7-5-6-18-15(19)9-8-13(2)29-18/h5-11,21,30-31H,4,12H2,1-3H3/t21-,22-/m1/s1. The smallest absolute Gasteiger partial charge is 0.420 e. The van der Waals surface area contributed by atoms with E-state index in [9.17, 15) is 27.1 Å². The molecule has 0 aliphatic heterocycles. The maximum Gasteiger partial charge on any atom is 0.420 e. The zero-order valence-corrected chi connectivity index (χ0v) is 19.0. The van der Waals surface area contributed by atoms with Gasteiger partial charge < -0.3 is 15.2 Å². The Morgan fingerprint density at radius 1 is 1.15 bits per heavy atom. The number of halogens is 5. The molecule has 4 nitrogen and oxygen atoms in total. The van der Waals surface area contributed by atoms with Crippen molar-refractivity contribution >= 4 is 28.4 Å². The number of nitrogens with zero attached hydrogens (tertiary/aromatic N) is 1. The van der Waals surface area contributed by atoms with Gasteiger partial charge in [-0.05, 0) is 43.0 Å². The molecule has 10 heteroatoms. The minimum atomic E-state index is -5.14. The van der Waals surface area contributed by atoms with Gasteiger partial charge in [0.05, 0.1) is 18.7 Å². The van der Waals surface area contributed by atoms with Crippen molar-refractivity contribution in [1.82, 2.24) is 4.98 Å². The minimum absolute atomic E-state index is 0.209. The molecule has 2 N–H and O–H groups in total. The Morgan fingerprint density at radius 3 is 2.52 bits per heavy atom. The van der Waals surface area contributed by atoms with Crippen LogP contribution >= 0.6 is 11.8 Å². The van der Waals surface area contributed by atoms with E-state index in [0.29, 0.717) is 22.7 Å². The predicted octanol–water partition coefficient (Wildman–Crippen LogP) is 6.03. The molecule has 0 saturated carbocycles. The molecule has 178 valence electrons. The summed E-state index contributed by atoms with van der Waals surface area (Å²) in [7, 11) is 1.06. The number of fused-ring (bicyclic) bond motifs is 1. The van der Waals surface area contributed by atoms with Crippen molar-refractivity contribution in [3.63, 3.8) is 0 Å². The quantitative estimate of drug-likeness (QED) is 0.381. The van der Waals surface area contributed by atoms with E-state index in [1.807, 2.05) is 0 Å². The maximum atomic E-state index is 14.5. The van der Waals surface area contributed by atoms with Crippen LogP contribution in [0.5, 0.6) is 5.75 Å². The van der Waals surface area contributed by atoms with Gasteiger partial charge in [0.15, 0.2) is 17.2 Å². The van der Waals surface area contributed by atoms with E-state index in [0.717, 1.165) is 24.9 Å². The predicted molar refractivity (Wildman–Crippen MR) is 120 cm³/mol. The third-order valence-corrected chi connectivity index (χ3v) is 6.27. The van der Waals surface area contributed by atoms with Gasteiger partial charge in [-0.2, -0.15) is 24.9 Å². The highest BCUT2D eigenvalue weighted by Crippen LogP contribution is 2.47. The third-order valence-electron chi connectivity index (χ3n) is 5.22. The first-order valence-electron chi connectivity index (χ1n) is 10.0. The van der Waals surface area contributed by atoms with Crippen LogP contribution in [-0.2, 0) is 0 Å². The van der Waals surface area contributed by atoms with E-state index in [-0.39, 0.29) is 11.4 Å². The zero-order chi connectivity index (χ0) is 24.4. The van der Waals surface area contributed by atoms with E-state index >= 15 is 0 Å². The first-order chi connectivity index (χ1) is 15.5. The second-order valence-corrected chi connectivity index (χ2v) is 8.75. The van der Waals surface area contributed by atoms with Crippen LogP contribution in [0.15, 0.2) is 42.5 Å². The Morgan fingerprint density at radius 2 is 1.88 bits per heavy atom. The summed E-state index contributed by atoms with van der Waals surface area (Å²) in [5, 5.41) is 14.2. The van der Waals surface area contributed by atoms with Gasteiger partial charge >= 0.3 is 6.18 Å². The number of hydrogen-bond acceptors (Lipinski definition) is 5. The highest BCUT2D eigenvalue weighted by Gasteiger charge is 2.59. The third kappa shape index (κ3) is 5.01. The van der Waals surface area contributed by atoms with E-state index in [2.05, 4.69) is 10.3 Å². The molecule has 1 aromatic heterocycles. The minimum Gasteiger partial charge on any atom is -0.493 e. The van der Waals surface area contributed by atoms with E-state index in [1.165, 1.54) is 6.07 Å². The SMILES string of the molecule is CCSC[C@@](O)([C@H](Nc1cccc2nc(C)ccc12)c1cc(F)cc(F)c1OC)C(F)(F)F. The highest BCUT2D eigenvalue weighted by molar-refractivity contribution is 7.99. The molecule has 0 unspecified atom stereocenters. The van der Waals surface area contributed by atoms with Crippen LogP contribution in [0, 0.1) is 18.6 Å². The number of rotatable bonds is 8. The number of anilines is 1. The number of benzene rings is 2. The first-order valence-corrected chi connectivity index (χ1v) is 11.2. The molecule has 3 aromatic rings. The van der Waals surface area contributed by atoms with Gasteiger partial charge in [0.25, 0.3) is 0 Å². The van der Waals surface area contributed by atoms with Crippen molar-refractivity contribution in [2.45, 2.75) is 31.7 Å². The largest absolute Gasteiger partial charge is 0.493 e. The maximum absolute atomic E-state index is 14.5. The van der Waals surface area contributed by atoms with Crippen molar-refractivity contribution < 1.29 is 31.8 Å². The van der Waals surface area contributed by atoms with E-state index < -0.39 is 46.5 Å². The molecule has 2 atom stereocenters. The lowest BCUT2D eigenvalue weighted by molar-refractivity contribution is -0.256. The molecule has 0 aliphatic rings. The summed E-state index contributed by atoms with van der Waals surface area (Å²) in [4.78, 5) is 4.37. The lowest BCUT2D eigenvalue weighted by atomic mass is 9.87. The number of hydrogen-bond donors (Lipinski definition) is 2. The molecule has 3 rings (SSSR count). The molecule has 2 aromatic carbocycles. The lowest BCUT2D eigenvalue weighted by Gasteiger charge is -2.39. The number of ether oxygens (including phenoxy) is 1. The first kappa shape index (κ1) is 25.0. The molecule has 0 bridgehead atoms. The zero-order valence-electron chi connectivity index (χ0n) is 18.1. The van der Waals surface area contributed by atoms with Crippen molar-refractivity contribution in [2.75, 3.05) is 23.9 Å². The van der Waals surface area contributed by atoms with Gasteiger partial charge in [-0.15, -0.1) is 0 Å². The Balaban J connectivity index is 2.27. The molecular weight excluding hydrogens is 463 g/mol. The van der Waals surface area contributed by atoms with Crippen LogP contribution < -0.4 is 10.1 Å². The summed E-state index contributed by atoms with van der Waals surface area (Å²) in [5.41, 5.74) is -2.46. The normalized spacial score (nSPS) is 14.7. The van der Waals surface area contributed by atoms with Crippen molar-refractivity contribution in [3.8, 4) is 5.75 Å². The van der Waals surface area contributed by atoms with Gasteiger partial charge in [0, 0.05) is 34.2 Å². The summed E-state index contributed by atoms with van der Waals surface area (Å²) in [5.74, 6) is -3.35. The highest BCUT2D eigenvalue weighted by atomic mass is 32.2. The number of aryl methyl sites for hydroxylation is 1. The molecule has 1 heterocycles. The topological polar surface area (TPSA) is 54.4 Å². The van der Waals surface area contributed by atoms with Gasteiger partial charge in [-0.3, -0.25) is 4.98 Å². The van der Waals surface area contributed by atoms with Crippen molar-refractivity contribution in [3.05, 3.63) is 65.4 Å². The van der Waals surface area contributed by atoms with Gasteiger partial charge in [-0.1, -0.05) is 13.0 Å². The number of aliphatic hydroxyl groups is 1. The molecule has 0 amide bonds. The Kier molecular flexibility index (Phi) is 7.38. The summed E-state index contributed by atoms with van der Waals surface area (Å²) in [6.07, 6.45) is -5.14. The van der Waals surface area contributed by atoms with Crippen molar-refractivity contribution in [1.29, 1.82) is 0 Å². The van der Waals surface area contributed by atoms with Crippen LogP contribution in [0.25, 0.3) is 10.9 Å². The van der Waals surface area contributed by atoms with Crippen molar-refractivity contribution in [2.24, 2.45) is 0 Å². The molecule has 0 saturated heterocycles. The molecule has 0 spiro atoms. The monoisotopic (exact) mass is 486 g/mol. The molecule has 0 fully saturated rings. The summed E-state index contributed by atoms with van der Waals surface area (Å²) >= 11 is 0.852. The summed E-state index contributed by atoms with van der Waals surface area (Å²) in [6.45, 7) is 3.41. The fraction of sp³-hybridized carbons (Fsp3) is 0.348. The number of methoxy groups -OCH3 is 1. The van der Waals surface area contributed by atoms with Crippen LogP contribution in [0.1, 0.15) is 24.2 Å². The van der Waals surface area contributed by atoms with E-state index in [4.69, 9.17) is 4.74 Å². The molecular formula is C23H23F5N2O2S. The van der Waals surface area contributed by atoms with Crippen LogP contribution in [0.2, 0.25) is 0 Å². The fourth-order valence-corrected chi connectivity index (χ4v) is 4.43. The lowest BCUT2D eigenvalue weighted by Crippen LogP contribution is -2.54. The average Bonchev–Trinajstić information content (AvgIpc) is 2.74. The fourth-order valence-electron chi connectivity index (χ4n) is 3.59. The van der Waals surface area contributed by atoms with Crippen LogP contribution in [0.3, 0.4) is 0 Å². The van der Waals surface area contributed by atoms with Crippen LogP contribution in [-0.4, -0.2) is 40.5 Å². The number of pyridine rings is 1. The number of nitrogens with one attached hydrogen (secondary N) is 1. The van der Waals surface area contributed by atoms with Gasteiger partial charge in [0.2, 0.25) is 0 Å². The Bertz CT molecular complexity index is 1140. The summed E-state index contributed by atoms with van der Waals surface area (Å²) < 4.78 is 76.6. The van der Waals surface area contributed by atoms with Gasteiger partial charge in [-0.25, -0.2) is 8.78 Å². The molecule has 0 aliphatic carbocycles. The number of alkyl halides is 3. The summed E-state index contributed by atoms with van der Waals surface area (Å²) in [6, 6.07) is 7.40. The average molecular weight is 487 g/mol. The molecule has 0 radical (unpaired) electrons.